The Balaban J connectivity index is 0.00000289. The molecule has 0 saturated carbocycles. The van der Waals surface area contributed by atoms with E-state index in [2.05, 4.69) is 0 Å². The summed E-state index contributed by atoms with van der Waals surface area (Å²) >= 11 is 0. The van der Waals surface area contributed by atoms with Crippen LogP contribution in [0.15, 0.2) is 18.2 Å². The van der Waals surface area contributed by atoms with Crippen LogP contribution in [0.4, 0.5) is 8.78 Å². The molecule has 0 aliphatic carbocycles. The van der Waals surface area contributed by atoms with Gasteiger partial charge in [-0.1, -0.05) is 6.07 Å². The van der Waals surface area contributed by atoms with Gasteiger partial charge in [0, 0.05) is 0 Å². The van der Waals surface area contributed by atoms with Gasteiger partial charge in [0.1, 0.15) is 17.9 Å². The van der Waals surface area contributed by atoms with Gasteiger partial charge in [-0.2, -0.15) is 0 Å². The molecule has 0 aliphatic rings. The molecule has 0 bridgehead atoms. The molecule has 8 heteroatoms. The fraction of sp³-hybridized carbons (Fsp3) is 0.300. The van der Waals surface area contributed by atoms with Crippen LogP contribution in [0, 0.1) is 0 Å². The summed E-state index contributed by atoms with van der Waals surface area (Å²) in [6.45, 7) is -1.45. The molecule has 0 amide bonds. The summed E-state index contributed by atoms with van der Waals surface area (Å²) < 4.78 is 26.2. The van der Waals surface area contributed by atoms with Crippen LogP contribution in [0.2, 0.25) is 0 Å². The maximum atomic E-state index is 13.1. The SMILES string of the molecule is Cl.N[C@@H](c1ccc(O)c(C(=O)O)c1)C(F)(F)CO. The number of aromatic hydroxyl groups is 1. The summed E-state index contributed by atoms with van der Waals surface area (Å²) in [7, 11) is 0. The van der Waals surface area contributed by atoms with E-state index >= 15 is 0 Å². The van der Waals surface area contributed by atoms with Crippen molar-refractivity contribution in [3.63, 3.8) is 0 Å². The van der Waals surface area contributed by atoms with Crippen molar-refractivity contribution in [3.8, 4) is 5.75 Å². The van der Waals surface area contributed by atoms with E-state index in [9.17, 15) is 18.7 Å². The Hall–Kier alpha value is -1.44. The summed E-state index contributed by atoms with van der Waals surface area (Å²) in [6.07, 6.45) is 0. The van der Waals surface area contributed by atoms with Gasteiger partial charge in [0.25, 0.3) is 5.92 Å². The first kappa shape index (κ1) is 16.6. The summed E-state index contributed by atoms with van der Waals surface area (Å²) in [6, 6.07) is 1.06. The van der Waals surface area contributed by atoms with Crippen LogP contribution >= 0.6 is 12.4 Å². The number of nitrogens with two attached hydrogens (primary N) is 1. The van der Waals surface area contributed by atoms with Crippen LogP contribution in [-0.4, -0.2) is 33.8 Å². The summed E-state index contributed by atoms with van der Waals surface area (Å²) in [5.41, 5.74) is 4.52. The number of phenols is 1. The Morgan fingerprint density at radius 1 is 1.44 bits per heavy atom. The van der Waals surface area contributed by atoms with Gasteiger partial charge in [-0.3, -0.25) is 0 Å². The third kappa shape index (κ3) is 3.28. The molecule has 0 aromatic heterocycles. The van der Waals surface area contributed by atoms with Crippen molar-refractivity contribution in [1.82, 2.24) is 0 Å². The number of carbonyl (C=O) groups is 1. The van der Waals surface area contributed by atoms with Crippen molar-refractivity contribution in [2.45, 2.75) is 12.0 Å². The molecule has 5 N–H and O–H groups in total. The van der Waals surface area contributed by atoms with E-state index in [4.69, 9.17) is 15.9 Å². The topological polar surface area (TPSA) is 104 Å². The zero-order valence-electron chi connectivity index (χ0n) is 9.01. The van der Waals surface area contributed by atoms with Crippen LogP contribution in [0.25, 0.3) is 0 Å². The lowest BCUT2D eigenvalue weighted by molar-refractivity contribution is -0.0712. The highest BCUT2D eigenvalue weighted by molar-refractivity contribution is 5.91. The number of aliphatic hydroxyl groups excluding tert-OH is 1. The van der Waals surface area contributed by atoms with Crippen molar-refractivity contribution in [3.05, 3.63) is 29.3 Å². The first-order valence-electron chi connectivity index (χ1n) is 4.60. The molecule has 0 unspecified atom stereocenters. The molecule has 1 aromatic rings. The van der Waals surface area contributed by atoms with E-state index < -0.39 is 35.9 Å². The number of rotatable bonds is 4. The molecule has 1 aromatic carbocycles. The smallest absolute Gasteiger partial charge is 0.339 e. The largest absolute Gasteiger partial charge is 0.507 e. The van der Waals surface area contributed by atoms with Gasteiger partial charge in [-0.15, -0.1) is 12.4 Å². The normalized spacial score (nSPS) is 12.7. The molecule has 18 heavy (non-hydrogen) atoms. The Morgan fingerprint density at radius 3 is 2.44 bits per heavy atom. The molecule has 0 radical (unpaired) electrons. The number of benzene rings is 1. The van der Waals surface area contributed by atoms with Gasteiger partial charge < -0.3 is 21.1 Å². The lowest BCUT2D eigenvalue weighted by atomic mass is 9.99. The summed E-state index contributed by atoms with van der Waals surface area (Å²) in [4.78, 5) is 10.7. The van der Waals surface area contributed by atoms with Gasteiger partial charge >= 0.3 is 5.97 Å². The predicted octanol–water partition coefficient (Wildman–Crippen LogP) is 1.14. The third-order valence-corrected chi connectivity index (χ3v) is 2.28. The maximum Gasteiger partial charge on any atom is 0.339 e. The fourth-order valence-electron chi connectivity index (χ4n) is 1.26. The van der Waals surface area contributed by atoms with Crippen LogP contribution in [0.5, 0.6) is 5.75 Å². The second kappa shape index (κ2) is 5.94. The number of aliphatic hydroxyl groups is 1. The predicted molar refractivity (Wildman–Crippen MR) is 61.3 cm³/mol. The monoisotopic (exact) mass is 283 g/mol. The molecule has 0 fully saturated rings. The van der Waals surface area contributed by atoms with Gasteiger partial charge in [0.05, 0.1) is 6.04 Å². The lowest BCUT2D eigenvalue weighted by Crippen LogP contribution is -2.36. The zero-order chi connectivity index (χ0) is 13.2. The highest BCUT2D eigenvalue weighted by atomic mass is 35.5. The van der Waals surface area contributed by atoms with Gasteiger partial charge in [0.2, 0.25) is 0 Å². The number of hydrogen-bond donors (Lipinski definition) is 4. The lowest BCUT2D eigenvalue weighted by Gasteiger charge is -2.22. The van der Waals surface area contributed by atoms with E-state index in [1.807, 2.05) is 0 Å². The average molecular weight is 284 g/mol. The highest BCUT2D eigenvalue weighted by Crippen LogP contribution is 2.31. The number of halogens is 3. The zero-order valence-corrected chi connectivity index (χ0v) is 9.82. The minimum absolute atomic E-state index is 0. The molecule has 1 atom stereocenters. The van der Waals surface area contributed by atoms with E-state index in [1.165, 1.54) is 0 Å². The number of hydrogen-bond acceptors (Lipinski definition) is 4. The maximum absolute atomic E-state index is 13.1. The van der Waals surface area contributed by atoms with Crippen molar-refractivity contribution >= 4 is 18.4 Å². The van der Waals surface area contributed by atoms with Crippen LogP contribution < -0.4 is 5.73 Å². The van der Waals surface area contributed by atoms with Gasteiger partial charge in [0.15, 0.2) is 0 Å². The molecule has 1 rings (SSSR count). The minimum atomic E-state index is -3.56. The van der Waals surface area contributed by atoms with E-state index in [-0.39, 0.29) is 18.0 Å². The van der Waals surface area contributed by atoms with Crippen LogP contribution in [-0.2, 0) is 0 Å². The molecule has 0 saturated heterocycles. The molecule has 0 spiro atoms. The molecule has 0 heterocycles. The number of carboxylic acid groups (broad SMARTS) is 1. The third-order valence-electron chi connectivity index (χ3n) is 2.28. The Labute approximate surface area is 107 Å². The second-order valence-corrected chi connectivity index (χ2v) is 3.48. The van der Waals surface area contributed by atoms with Crippen LogP contribution in [0.1, 0.15) is 22.0 Å². The molecule has 5 nitrogen and oxygen atoms in total. The standard InChI is InChI=1S/C10H11F2NO4.ClH/c11-10(12,4-14)8(13)5-1-2-7(15)6(3-5)9(16)17;/h1-3,8,14-15H,4,13H2,(H,16,17);1H/t8-;/m0./s1. The van der Waals surface area contributed by atoms with Gasteiger partial charge in [-0.05, 0) is 17.7 Å². The second-order valence-electron chi connectivity index (χ2n) is 3.48. The van der Waals surface area contributed by atoms with Crippen LogP contribution in [0.3, 0.4) is 0 Å². The van der Waals surface area contributed by atoms with E-state index in [1.54, 1.807) is 0 Å². The number of alkyl halides is 2. The van der Waals surface area contributed by atoms with Crippen molar-refractivity contribution in [1.29, 1.82) is 0 Å². The quantitative estimate of drug-likeness (QED) is 0.663. The summed E-state index contributed by atoms with van der Waals surface area (Å²) in [5, 5.41) is 26.3. The molecular formula is C10H12ClF2NO4. The van der Waals surface area contributed by atoms with Crippen molar-refractivity contribution in [2.24, 2.45) is 5.73 Å². The summed E-state index contributed by atoms with van der Waals surface area (Å²) in [5.74, 6) is -5.56. The first-order valence-corrected chi connectivity index (χ1v) is 4.60. The number of aromatic carboxylic acids is 1. The highest BCUT2D eigenvalue weighted by Gasteiger charge is 2.37. The molecule has 102 valence electrons. The van der Waals surface area contributed by atoms with Crippen molar-refractivity contribution in [2.75, 3.05) is 6.61 Å². The Kier molecular flexibility index (Phi) is 5.47. The minimum Gasteiger partial charge on any atom is -0.507 e. The molecule has 0 aliphatic heterocycles. The Bertz CT molecular complexity index is 442. The van der Waals surface area contributed by atoms with E-state index in [0.717, 1.165) is 18.2 Å². The molecular weight excluding hydrogens is 272 g/mol. The number of carboxylic acids is 1. The average Bonchev–Trinajstić information content (AvgIpc) is 2.28. The van der Waals surface area contributed by atoms with E-state index in [0.29, 0.717) is 0 Å². The Morgan fingerprint density at radius 2 is 2.00 bits per heavy atom. The van der Waals surface area contributed by atoms with Gasteiger partial charge in [-0.25, -0.2) is 13.6 Å². The van der Waals surface area contributed by atoms with Crippen molar-refractivity contribution < 1.29 is 28.9 Å². The first-order chi connectivity index (χ1) is 7.79. The fourth-order valence-corrected chi connectivity index (χ4v) is 1.26.